The number of benzene rings is 2. The molecule has 20 heavy (non-hydrogen) atoms. The summed E-state index contributed by atoms with van der Waals surface area (Å²) in [6.45, 7) is 2.31. The summed E-state index contributed by atoms with van der Waals surface area (Å²) in [6.07, 6.45) is 0. The van der Waals surface area contributed by atoms with Crippen molar-refractivity contribution in [2.75, 3.05) is 12.4 Å². The predicted molar refractivity (Wildman–Crippen MR) is 75.6 cm³/mol. The Kier molecular flexibility index (Phi) is 4.69. The molecule has 1 unspecified atom stereocenters. The lowest BCUT2D eigenvalue weighted by molar-refractivity contribution is 0.185. The van der Waals surface area contributed by atoms with Gasteiger partial charge in [0.05, 0.1) is 12.6 Å². The Hall–Kier alpha value is -1.94. The summed E-state index contributed by atoms with van der Waals surface area (Å²) in [5.74, 6) is -1.12. The molecule has 0 aliphatic rings. The van der Waals surface area contributed by atoms with E-state index in [1.165, 1.54) is 12.1 Å². The molecule has 2 nitrogen and oxygen atoms in total. The average Bonchev–Trinajstić information content (AvgIpc) is 2.41. The van der Waals surface area contributed by atoms with Crippen molar-refractivity contribution in [3.63, 3.8) is 0 Å². The maximum absolute atomic E-state index is 13.7. The van der Waals surface area contributed by atoms with Crippen LogP contribution in [0.25, 0.3) is 0 Å². The number of anilines is 1. The molecule has 106 valence electrons. The first kappa shape index (κ1) is 14.5. The molecular weight excluding hydrogens is 260 g/mol. The van der Waals surface area contributed by atoms with Crippen LogP contribution < -0.4 is 5.32 Å². The van der Waals surface area contributed by atoms with E-state index in [1.54, 1.807) is 7.11 Å². The second-order valence-electron chi connectivity index (χ2n) is 4.62. The van der Waals surface area contributed by atoms with E-state index in [-0.39, 0.29) is 6.04 Å². The van der Waals surface area contributed by atoms with Gasteiger partial charge >= 0.3 is 0 Å². The summed E-state index contributed by atoms with van der Waals surface area (Å²) in [7, 11) is 1.62. The highest BCUT2D eigenvalue weighted by molar-refractivity contribution is 5.52. The number of methoxy groups -OCH3 is 1. The van der Waals surface area contributed by atoms with Gasteiger partial charge < -0.3 is 10.1 Å². The van der Waals surface area contributed by atoms with Gasteiger partial charge in [-0.25, -0.2) is 8.78 Å². The van der Waals surface area contributed by atoms with E-state index in [9.17, 15) is 8.78 Å². The van der Waals surface area contributed by atoms with Gasteiger partial charge in [0, 0.05) is 30.0 Å². The van der Waals surface area contributed by atoms with Crippen molar-refractivity contribution >= 4 is 5.69 Å². The van der Waals surface area contributed by atoms with Crippen molar-refractivity contribution in [3.05, 3.63) is 65.2 Å². The molecule has 2 aromatic rings. The zero-order valence-electron chi connectivity index (χ0n) is 11.5. The van der Waals surface area contributed by atoms with Gasteiger partial charge in [-0.2, -0.15) is 0 Å². The van der Waals surface area contributed by atoms with E-state index >= 15 is 0 Å². The summed E-state index contributed by atoms with van der Waals surface area (Å²) >= 11 is 0. The molecule has 2 rings (SSSR count). The molecule has 0 bridgehead atoms. The van der Waals surface area contributed by atoms with Crippen LogP contribution in [0.4, 0.5) is 14.5 Å². The van der Waals surface area contributed by atoms with E-state index in [2.05, 4.69) is 5.32 Å². The fourth-order valence-electron chi connectivity index (χ4n) is 2.11. The lowest BCUT2D eigenvalue weighted by atomic mass is 10.1. The fourth-order valence-corrected chi connectivity index (χ4v) is 2.11. The van der Waals surface area contributed by atoms with Crippen molar-refractivity contribution in [2.45, 2.75) is 19.6 Å². The molecule has 0 saturated carbocycles. The van der Waals surface area contributed by atoms with Crippen molar-refractivity contribution < 1.29 is 13.5 Å². The third kappa shape index (κ3) is 3.33. The molecule has 0 heterocycles. The Morgan fingerprint density at radius 1 is 1.15 bits per heavy atom. The summed E-state index contributed by atoms with van der Waals surface area (Å²) in [5, 5.41) is 3.23. The maximum atomic E-state index is 13.7. The van der Waals surface area contributed by atoms with E-state index in [1.807, 2.05) is 31.2 Å². The quantitative estimate of drug-likeness (QED) is 0.880. The first-order chi connectivity index (χ1) is 9.61. The van der Waals surface area contributed by atoms with Crippen molar-refractivity contribution in [1.82, 2.24) is 0 Å². The predicted octanol–water partition coefficient (Wildman–Crippen LogP) is 4.28. The first-order valence-corrected chi connectivity index (χ1v) is 6.40. The molecule has 0 aliphatic heterocycles. The van der Waals surface area contributed by atoms with Gasteiger partial charge in [-0.1, -0.05) is 24.3 Å². The highest BCUT2D eigenvalue weighted by Gasteiger charge is 2.13. The number of rotatable bonds is 5. The SMILES string of the molecule is COCc1ccccc1NC(C)c1ccc(F)cc1F. The molecule has 0 saturated heterocycles. The molecule has 2 aromatic carbocycles. The zero-order valence-corrected chi connectivity index (χ0v) is 11.5. The lowest BCUT2D eigenvalue weighted by Crippen LogP contribution is -2.10. The third-order valence-electron chi connectivity index (χ3n) is 3.12. The van der Waals surface area contributed by atoms with Crippen molar-refractivity contribution in [1.29, 1.82) is 0 Å². The molecule has 0 amide bonds. The van der Waals surface area contributed by atoms with Crippen LogP contribution in [-0.4, -0.2) is 7.11 Å². The van der Waals surface area contributed by atoms with E-state index in [0.29, 0.717) is 12.2 Å². The molecule has 4 heteroatoms. The Labute approximate surface area is 117 Å². The van der Waals surface area contributed by atoms with Gasteiger partial charge in [0.15, 0.2) is 0 Å². The summed E-state index contributed by atoms with van der Waals surface area (Å²) < 4.78 is 31.8. The summed E-state index contributed by atoms with van der Waals surface area (Å²) in [4.78, 5) is 0. The number of nitrogens with one attached hydrogen (secondary N) is 1. The Morgan fingerprint density at radius 2 is 1.90 bits per heavy atom. The number of hydrogen-bond donors (Lipinski definition) is 1. The van der Waals surface area contributed by atoms with Gasteiger partial charge in [-0.3, -0.25) is 0 Å². The highest BCUT2D eigenvalue weighted by atomic mass is 19.1. The Bertz CT molecular complexity index is 586. The normalized spacial score (nSPS) is 12.2. The molecule has 1 N–H and O–H groups in total. The Morgan fingerprint density at radius 3 is 2.60 bits per heavy atom. The second kappa shape index (κ2) is 6.48. The van der Waals surface area contributed by atoms with Crippen LogP contribution in [-0.2, 0) is 11.3 Å². The van der Waals surface area contributed by atoms with Crippen LogP contribution >= 0.6 is 0 Å². The number of halogens is 2. The minimum atomic E-state index is -0.571. The maximum Gasteiger partial charge on any atom is 0.131 e. The smallest absolute Gasteiger partial charge is 0.131 e. The molecule has 0 fully saturated rings. The molecule has 0 radical (unpaired) electrons. The largest absolute Gasteiger partial charge is 0.380 e. The van der Waals surface area contributed by atoms with Crippen LogP contribution in [0.15, 0.2) is 42.5 Å². The third-order valence-corrected chi connectivity index (χ3v) is 3.12. The van der Waals surface area contributed by atoms with Crippen molar-refractivity contribution in [2.24, 2.45) is 0 Å². The van der Waals surface area contributed by atoms with Crippen LogP contribution in [0.2, 0.25) is 0 Å². The minimum absolute atomic E-state index is 0.270. The molecule has 1 atom stereocenters. The average molecular weight is 277 g/mol. The van der Waals surface area contributed by atoms with E-state index in [4.69, 9.17) is 4.74 Å². The highest BCUT2D eigenvalue weighted by Crippen LogP contribution is 2.24. The van der Waals surface area contributed by atoms with Crippen LogP contribution in [0, 0.1) is 11.6 Å². The zero-order chi connectivity index (χ0) is 14.5. The molecule has 0 aliphatic carbocycles. The van der Waals surface area contributed by atoms with Crippen LogP contribution in [0.1, 0.15) is 24.1 Å². The Balaban J connectivity index is 2.21. The van der Waals surface area contributed by atoms with Gasteiger partial charge in [-0.15, -0.1) is 0 Å². The molecular formula is C16H17F2NO. The van der Waals surface area contributed by atoms with Gasteiger partial charge in [0.25, 0.3) is 0 Å². The molecule has 0 spiro atoms. The van der Waals surface area contributed by atoms with E-state index in [0.717, 1.165) is 17.3 Å². The minimum Gasteiger partial charge on any atom is -0.380 e. The lowest BCUT2D eigenvalue weighted by Gasteiger charge is -2.19. The van der Waals surface area contributed by atoms with E-state index < -0.39 is 11.6 Å². The molecule has 0 aromatic heterocycles. The van der Waals surface area contributed by atoms with Crippen LogP contribution in [0.3, 0.4) is 0 Å². The standard InChI is InChI=1S/C16H17F2NO/c1-11(14-8-7-13(17)9-15(14)18)19-16-6-4-3-5-12(16)10-20-2/h3-9,11,19H,10H2,1-2H3. The van der Waals surface area contributed by atoms with Crippen molar-refractivity contribution in [3.8, 4) is 0 Å². The second-order valence-corrected chi connectivity index (χ2v) is 4.62. The number of ether oxygens (including phenoxy) is 1. The topological polar surface area (TPSA) is 21.3 Å². The monoisotopic (exact) mass is 277 g/mol. The summed E-state index contributed by atoms with van der Waals surface area (Å²) in [6, 6.07) is 11.0. The van der Waals surface area contributed by atoms with Gasteiger partial charge in [0.2, 0.25) is 0 Å². The fraction of sp³-hybridized carbons (Fsp3) is 0.250. The number of hydrogen-bond acceptors (Lipinski definition) is 2. The number of para-hydroxylation sites is 1. The van der Waals surface area contributed by atoms with Gasteiger partial charge in [0.1, 0.15) is 11.6 Å². The van der Waals surface area contributed by atoms with Gasteiger partial charge in [-0.05, 0) is 19.1 Å². The summed E-state index contributed by atoms with van der Waals surface area (Å²) in [5.41, 5.74) is 2.30. The van der Waals surface area contributed by atoms with Crippen LogP contribution in [0.5, 0.6) is 0 Å². The first-order valence-electron chi connectivity index (χ1n) is 6.40.